The van der Waals surface area contributed by atoms with Crippen LogP contribution >= 0.6 is 11.3 Å². The number of rotatable bonds is 4. The van der Waals surface area contributed by atoms with Crippen molar-refractivity contribution in [3.05, 3.63) is 41.3 Å². The zero-order valence-electron chi connectivity index (χ0n) is 9.68. The first-order chi connectivity index (χ1) is 8.33. The molecule has 1 fully saturated rings. The van der Waals surface area contributed by atoms with Crippen LogP contribution in [0.4, 0.5) is 0 Å². The van der Waals surface area contributed by atoms with Gasteiger partial charge in [0.05, 0.1) is 6.61 Å². The molecule has 1 atom stereocenters. The van der Waals surface area contributed by atoms with Crippen LogP contribution < -0.4 is 4.74 Å². The summed E-state index contributed by atoms with van der Waals surface area (Å²) in [6, 6.07) is 12.5. The van der Waals surface area contributed by atoms with Crippen molar-refractivity contribution in [3.8, 4) is 16.2 Å². The van der Waals surface area contributed by atoms with Crippen molar-refractivity contribution in [2.75, 3.05) is 13.2 Å². The lowest BCUT2D eigenvalue weighted by molar-refractivity contribution is 0.264. The maximum absolute atomic E-state index is 5.81. The SMILES string of the molecule is Cc1ccc(-c2ccccc2OC[C@@H]2CO2)s1. The summed E-state index contributed by atoms with van der Waals surface area (Å²) < 4.78 is 11.0. The Morgan fingerprint density at radius 2 is 2.12 bits per heavy atom. The monoisotopic (exact) mass is 246 g/mol. The fourth-order valence-electron chi connectivity index (χ4n) is 1.72. The van der Waals surface area contributed by atoms with E-state index in [1.807, 2.05) is 18.2 Å². The van der Waals surface area contributed by atoms with Gasteiger partial charge in [0.1, 0.15) is 18.5 Å². The van der Waals surface area contributed by atoms with Crippen LogP contribution in [0.25, 0.3) is 10.4 Å². The van der Waals surface area contributed by atoms with E-state index in [0.29, 0.717) is 12.7 Å². The number of ether oxygens (including phenoxy) is 2. The van der Waals surface area contributed by atoms with Crippen LogP contribution in [0.1, 0.15) is 4.88 Å². The molecule has 1 aliphatic rings. The molecule has 0 saturated carbocycles. The van der Waals surface area contributed by atoms with Crippen LogP contribution in [-0.2, 0) is 4.74 Å². The second-order valence-corrected chi connectivity index (χ2v) is 5.46. The Morgan fingerprint density at radius 1 is 1.29 bits per heavy atom. The van der Waals surface area contributed by atoms with Crippen molar-refractivity contribution in [1.82, 2.24) is 0 Å². The quantitative estimate of drug-likeness (QED) is 0.770. The van der Waals surface area contributed by atoms with E-state index < -0.39 is 0 Å². The van der Waals surface area contributed by atoms with Gasteiger partial charge in [0.15, 0.2) is 0 Å². The molecular formula is C14H14O2S. The van der Waals surface area contributed by atoms with Gasteiger partial charge in [0.25, 0.3) is 0 Å². The van der Waals surface area contributed by atoms with Crippen molar-refractivity contribution in [1.29, 1.82) is 0 Å². The van der Waals surface area contributed by atoms with Crippen LogP contribution in [0.15, 0.2) is 36.4 Å². The maximum Gasteiger partial charge on any atom is 0.128 e. The highest BCUT2D eigenvalue weighted by atomic mass is 32.1. The van der Waals surface area contributed by atoms with Crippen LogP contribution in [-0.4, -0.2) is 19.3 Å². The van der Waals surface area contributed by atoms with Crippen molar-refractivity contribution in [3.63, 3.8) is 0 Å². The molecule has 1 saturated heterocycles. The Labute approximate surface area is 105 Å². The van der Waals surface area contributed by atoms with Crippen LogP contribution in [0.5, 0.6) is 5.75 Å². The van der Waals surface area contributed by atoms with E-state index in [9.17, 15) is 0 Å². The van der Waals surface area contributed by atoms with E-state index in [0.717, 1.165) is 12.4 Å². The lowest BCUT2D eigenvalue weighted by atomic mass is 10.1. The third-order valence-electron chi connectivity index (χ3n) is 2.72. The molecule has 1 aromatic carbocycles. The zero-order valence-corrected chi connectivity index (χ0v) is 10.5. The fourth-order valence-corrected chi connectivity index (χ4v) is 2.62. The molecule has 2 aromatic rings. The van der Waals surface area contributed by atoms with Crippen molar-refractivity contribution in [2.45, 2.75) is 13.0 Å². The molecule has 0 unspecified atom stereocenters. The summed E-state index contributed by atoms with van der Waals surface area (Å²) in [6.07, 6.45) is 0.299. The highest BCUT2D eigenvalue weighted by Crippen LogP contribution is 2.34. The fraction of sp³-hybridized carbons (Fsp3) is 0.286. The predicted molar refractivity (Wildman–Crippen MR) is 69.7 cm³/mol. The third-order valence-corrected chi connectivity index (χ3v) is 3.75. The average Bonchev–Trinajstić information content (AvgIpc) is 3.08. The summed E-state index contributed by atoms with van der Waals surface area (Å²) >= 11 is 1.79. The van der Waals surface area contributed by atoms with Gasteiger partial charge in [-0.05, 0) is 31.2 Å². The normalized spacial score (nSPS) is 18.1. The van der Waals surface area contributed by atoms with Gasteiger partial charge < -0.3 is 9.47 Å². The Bertz CT molecular complexity index is 514. The standard InChI is InChI=1S/C14H14O2S/c1-10-6-7-14(17-10)12-4-2-3-5-13(12)16-9-11-8-15-11/h2-7,11H,8-9H2,1H3/t11-/m0/s1. The first-order valence-corrected chi connectivity index (χ1v) is 6.55. The molecule has 3 rings (SSSR count). The van der Waals surface area contributed by atoms with Crippen LogP contribution in [0.3, 0.4) is 0 Å². The minimum atomic E-state index is 0.299. The molecule has 0 aliphatic carbocycles. The van der Waals surface area contributed by atoms with Gasteiger partial charge in [0.2, 0.25) is 0 Å². The molecule has 17 heavy (non-hydrogen) atoms. The van der Waals surface area contributed by atoms with Gasteiger partial charge >= 0.3 is 0 Å². The van der Waals surface area contributed by atoms with Crippen molar-refractivity contribution >= 4 is 11.3 Å². The van der Waals surface area contributed by atoms with Crippen LogP contribution in [0, 0.1) is 6.92 Å². The summed E-state index contributed by atoms with van der Waals surface area (Å²) in [5.41, 5.74) is 1.17. The largest absolute Gasteiger partial charge is 0.490 e. The van der Waals surface area contributed by atoms with Gasteiger partial charge in [-0.15, -0.1) is 11.3 Å². The molecule has 3 heteroatoms. The number of hydrogen-bond donors (Lipinski definition) is 0. The topological polar surface area (TPSA) is 21.8 Å². The van der Waals surface area contributed by atoms with Crippen molar-refractivity contribution < 1.29 is 9.47 Å². The first kappa shape index (κ1) is 10.8. The Hall–Kier alpha value is -1.32. The number of para-hydroxylation sites is 1. The first-order valence-electron chi connectivity index (χ1n) is 5.73. The Kier molecular flexibility index (Phi) is 2.87. The highest BCUT2D eigenvalue weighted by molar-refractivity contribution is 7.15. The zero-order chi connectivity index (χ0) is 11.7. The van der Waals surface area contributed by atoms with Gasteiger partial charge in [-0.1, -0.05) is 12.1 Å². The molecule has 1 aliphatic heterocycles. The lowest BCUT2D eigenvalue weighted by Gasteiger charge is -2.08. The molecule has 0 bridgehead atoms. The van der Waals surface area contributed by atoms with E-state index in [1.54, 1.807) is 11.3 Å². The maximum atomic E-state index is 5.81. The summed E-state index contributed by atoms with van der Waals surface area (Å²) in [4.78, 5) is 2.58. The second kappa shape index (κ2) is 4.51. The molecule has 2 nitrogen and oxygen atoms in total. The highest BCUT2D eigenvalue weighted by Gasteiger charge is 2.23. The molecule has 0 amide bonds. The molecule has 0 radical (unpaired) electrons. The molecule has 0 N–H and O–H groups in total. The number of benzene rings is 1. The predicted octanol–water partition coefficient (Wildman–Crippen LogP) is 3.50. The molecule has 88 valence electrons. The Balaban J connectivity index is 1.86. The molecule has 1 aromatic heterocycles. The van der Waals surface area contributed by atoms with Crippen molar-refractivity contribution in [2.24, 2.45) is 0 Å². The van der Waals surface area contributed by atoms with E-state index in [1.165, 1.54) is 15.3 Å². The van der Waals surface area contributed by atoms with E-state index in [2.05, 4.69) is 25.1 Å². The summed E-state index contributed by atoms with van der Waals surface area (Å²) in [5.74, 6) is 0.949. The van der Waals surface area contributed by atoms with Crippen LogP contribution in [0.2, 0.25) is 0 Å². The van der Waals surface area contributed by atoms with Gasteiger partial charge in [-0.2, -0.15) is 0 Å². The molecule has 0 spiro atoms. The number of aryl methyl sites for hydroxylation is 1. The summed E-state index contributed by atoms with van der Waals surface area (Å²) in [7, 11) is 0. The third kappa shape index (κ3) is 2.51. The summed E-state index contributed by atoms with van der Waals surface area (Å²) in [6.45, 7) is 3.61. The molecule has 2 heterocycles. The second-order valence-electron chi connectivity index (χ2n) is 4.17. The van der Waals surface area contributed by atoms with Gasteiger partial charge in [-0.25, -0.2) is 0 Å². The van der Waals surface area contributed by atoms with Gasteiger partial charge in [0, 0.05) is 15.3 Å². The average molecular weight is 246 g/mol. The van der Waals surface area contributed by atoms with E-state index in [-0.39, 0.29) is 0 Å². The lowest BCUT2D eigenvalue weighted by Crippen LogP contribution is -2.04. The summed E-state index contributed by atoms with van der Waals surface area (Å²) in [5, 5.41) is 0. The molecular weight excluding hydrogens is 232 g/mol. The minimum absolute atomic E-state index is 0.299. The van der Waals surface area contributed by atoms with Gasteiger partial charge in [-0.3, -0.25) is 0 Å². The number of hydrogen-bond acceptors (Lipinski definition) is 3. The number of thiophene rings is 1. The minimum Gasteiger partial charge on any atom is -0.490 e. The smallest absolute Gasteiger partial charge is 0.128 e. The number of epoxide rings is 1. The van der Waals surface area contributed by atoms with E-state index in [4.69, 9.17) is 9.47 Å². The van der Waals surface area contributed by atoms with E-state index >= 15 is 0 Å². The Morgan fingerprint density at radius 3 is 2.82 bits per heavy atom.